The number of rotatable bonds is 7. The second-order valence-corrected chi connectivity index (χ2v) is 7.52. The summed E-state index contributed by atoms with van der Waals surface area (Å²) in [7, 11) is 0. The summed E-state index contributed by atoms with van der Waals surface area (Å²) < 4.78 is 11.6. The summed E-state index contributed by atoms with van der Waals surface area (Å²) in [5.74, 6) is 0.966. The monoisotopic (exact) mass is 454 g/mol. The molecule has 0 aromatic heterocycles. The lowest BCUT2D eigenvalue weighted by Gasteiger charge is -2.12. The van der Waals surface area contributed by atoms with Crippen LogP contribution >= 0.6 is 46.4 Å². The van der Waals surface area contributed by atoms with E-state index in [1.807, 2.05) is 6.07 Å². The van der Waals surface area contributed by atoms with Crippen molar-refractivity contribution in [1.29, 1.82) is 0 Å². The Labute approximate surface area is 182 Å². The molecule has 0 amide bonds. The highest BCUT2D eigenvalue weighted by molar-refractivity contribution is 6.42. The van der Waals surface area contributed by atoms with Crippen LogP contribution in [0.5, 0.6) is 11.5 Å². The van der Waals surface area contributed by atoms with E-state index in [0.717, 1.165) is 17.4 Å². The number of hydrogen-bond donors (Lipinski definition) is 0. The molecule has 3 aromatic rings. The summed E-state index contributed by atoms with van der Waals surface area (Å²) in [4.78, 5) is 11.3. The van der Waals surface area contributed by atoms with Gasteiger partial charge in [0.15, 0.2) is 6.29 Å². The van der Waals surface area contributed by atoms with Gasteiger partial charge in [-0.25, -0.2) is 0 Å². The van der Waals surface area contributed by atoms with Crippen LogP contribution in [0.1, 0.15) is 21.5 Å². The average molecular weight is 456 g/mol. The first kappa shape index (κ1) is 20.8. The van der Waals surface area contributed by atoms with Crippen LogP contribution in [0, 0.1) is 0 Å². The number of halogens is 4. The Morgan fingerprint density at radius 2 is 1.25 bits per heavy atom. The molecule has 3 rings (SSSR count). The number of ether oxygens (including phenoxy) is 2. The second-order valence-electron chi connectivity index (χ2n) is 5.89. The van der Waals surface area contributed by atoms with E-state index in [1.165, 1.54) is 0 Å². The van der Waals surface area contributed by atoms with Crippen molar-refractivity contribution >= 4 is 52.7 Å². The smallest absolute Gasteiger partial charge is 0.153 e. The molecule has 3 nitrogen and oxygen atoms in total. The van der Waals surface area contributed by atoms with Crippen LogP contribution in [-0.2, 0) is 13.2 Å². The molecule has 0 radical (unpaired) electrons. The maximum Gasteiger partial charge on any atom is 0.153 e. The quantitative estimate of drug-likeness (QED) is 0.351. The molecule has 0 aliphatic carbocycles. The summed E-state index contributed by atoms with van der Waals surface area (Å²) in [6.07, 6.45) is 0.729. The van der Waals surface area contributed by atoms with Crippen molar-refractivity contribution in [3.63, 3.8) is 0 Å². The standard InChI is InChI=1S/C21H14Cl4O3/c22-17-5-1-13(7-19(17)24)11-27-16-4-3-15(10-26)21(9-16)28-12-14-2-6-18(23)20(25)8-14/h1-10H,11-12H2. The first-order valence-corrected chi connectivity index (χ1v) is 9.70. The van der Waals surface area contributed by atoms with Gasteiger partial charge in [-0.05, 0) is 47.5 Å². The van der Waals surface area contributed by atoms with Gasteiger partial charge in [0.2, 0.25) is 0 Å². The predicted octanol–water partition coefficient (Wildman–Crippen LogP) is 7.27. The van der Waals surface area contributed by atoms with E-state index < -0.39 is 0 Å². The minimum absolute atomic E-state index is 0.230. The third kappa shape index (κ3) is 5.33. The van der Waals surface area contributed by atoms with Crippen LogP contribution in [0.15, 0.2) is 54.6 Å². The molecule has 0 heterocycles. The molecule has 144 valence electrons. The molecule has 0 saturated carbocycles. The van der Waals surface area contributed by atoms with Crippen LogP contribution in [0.4, 0.5) is 0 Å². The zero-order chi connectivity index (χ0) is 20.1. The predicted molar refractivity (Wildman–Crippen MR) is 113 cm³/mol. The lowest BCUT2D eigenvalue weighted by atomic mass is 10.2. The molecule has 0 fully saturated rings. The maximum absolute atomic E-state index is 11.3. The summed E-state index contributed by atoms with van der Waals surface area (Å²) in [5, 5.41) is 1.86. The van der Waals surface area contributed by atoms with E-state index >= 15 is 0 Å². The van der Waals surface area contributed by atoms with Gasteiger partial charge in [-0.2, -0.15) is 0 Å². The zero-order valence-electron chi connectivity index (χ0n) is 14.4. The lowest BCUT2D eigenvalue weighted by Crippen LogP contribution is -2.00. The summed E-state index contributed by atoms with van der Waals surface area (Å²) >= 11 is 23.9. The number of hydrogen-bond acceptors (Lipinski definition) is 3. The van der Waals surface area contributed by atoms with Crippen molar-refractivity contribution in [1.82, 2.24) is 0 Å². The molecule has 0 aliphatic rings. The summed E-state index contributed by atoms with van der Waals surface area (Å²) in [5.41, 5.74) is 2.11. The topological polar surface area (TPSA) is 35.5 Å². The third-order valence-electron chi connectivity index (χ3n) is 3.88. The summed E-state index contributed by atoms with van der Waals surface area (Å²) in [6, 6.07) is 15.5. The first-order chi connectivity index (χ1) is 13.5. The highest BCUT2D eigenvalue weighted by Gasteiger charge is 2.08. The number of benzene rings is 3. The van der Waals surface area contributed by atoms with E-state index in [9.17, 15) is 4.79 Å². The third-order valence-corrected chi connectivity index (χ3v) is 5.36. The van der Waals surface area contributed by atoms with Gasteiger partial charge in [0.25, 0.3) is 0 Å². The lowest BCUT2D eigenvalue weighted by molar-refractivity contribution is 0.111. The molecule has 0 spiro atoms. The Hall–Kier alpha value is -1.91. The van der Waals surface area contributed by atoms with E-state index in [0.29, 0.717) is 43.8 Å². The molecule has 0 aliphatic heterocycles. The van der Waals surface area contributed by atoms with Crippen LogP contribution in [0.25, 0.3) is 0 Å². The minimum Gasteiger partial charge on any atom is -0.489 e. The molecule has 0 N–H and O–H groups in total. The normalized spacial score (nSPS) is 10.6. The molecule has 0 bridgehead atoms. The molecule has 0 atom stereocenters. The Kier molecular flexibility index (Phi) is 7.08. The van der Waals surface area contributed by atoms with Gasteiger partial charge < -0.3 is 9.47 Å². The molecular formula is C21H14Cl4O3. The fraction of sp³-hybridized carbons (Fsp3) is 0.0952. The fourth-order valence-corrected chi connectivity index (χ4v) is 3.05. The van der Waals surface area contributed by atoms with E-state index in [4.69, 9.17) is 55.9 Å². The summed E-state index contributed by atoms with van der Waals surface area (Å²) in [6.45, 7) is 0.525. The van der Waals surface area contributed by atoms with Crippen molar-refractivity contribution in [2.45, 2.75) is 13.2 Å². The highest BCUT2D eigenvalue weighted by Crippen LogP contribution is 2.28. The Balaban J connectivity index is 1.71. The van der Waals surface area contributed by atoms with Crippen LogP contribution in [0.2, 0.25) is 20.1 Å². The SMILES string of the molecule is O=Cc1ccc(OCc2ccc(Cl)c(Cl)c2)cc1OCc1ccc(Cl)c(Cl)c1. The van der Waals surface area contributed by atoms with E-state index in [-0.39, 0.29) is 6.61 Å². The van der Waals surface area contributed by atoms with E-state index in [2.05, 4.69) is 0 Å². The second kappa shape index (κ2) is 9.53. The maximum atomic E-state index is 11.3. The van der Waals surface area contributed by atoms with Crippen molar-refractivity contribution in [3.8, 4) is 11.5 Å². The highest BCUT2D eigenvalue weighted by atomic mass is 35.5. The Morgan fingerprint density at radius 1 is 0.679 bits per heavy atom. The first-order valence-electron chi connectivity index (χ1n) is 8.19. The zero-order valence-corrected chi connectivity index (χ0v) is 17.4. The Morgan fingerprint density at radius 3 is 1.79 bits per heavy atom. The van der Waals surface area contributed by atoms with Crippen LogP contribution in [0.3, 0.4) is 0 Å². The molecule has 0 saturated heterocycles. The van der Waals surface area contributed by atoms with Gasteiger partial charge in [-0.1, -0.05) is 58.5 Å². The van der Waals surface area contributed by atoms with Crippen LogP contribution < -0.4 is 9.47 Å². The van der Waals surface area contributed by atoms with Gasteiger partial charge in [0.1, 0.15) is 24.7 Å². The number of carbonyl (C=O) groups is 1. The van der Waals surface area contributed by atoms with Crippen LogP contribution in [-0.4, -0.2) is 6.29 Å². The molecular weight excluding hydrogens is 442 g/mol. The van der Waals surface area contributed by atoms with Gasteiger partial charge in [-0.15, -0.1) is 0 Å². The van der Waals surface area contributed by atoms with Gasteiger partial charge in [0.05, 0.1) is 25.7 Å². The molecule has 28 heavy (non-hydrogen) atoms. The largest absolute Gasteiger partial charge is 0.489 e. The van der Waals surface area contributed by atoms with Gasteiger partial charge >= 0.3 is 0 Å². The van der Waals surface area contributed by atoms with Crippen molar-refractivity contribution in [2.24, 2.45) is 0 Å². The van der Waals surface area contributed by atoms with Crippen molar-refractivity contribution in [3.05, 3.63) is 91.4 Å². The van der Waals surface area contributed by atoms with E-state index in [1.54, 1.807) is 48.5 Å². The van der Waals surface area contributed by atoms with Crippen molar-refractivity contribution < 1.29 is 14.3 Å². The Bertz CT molecular complexity index is 1000. The van der Waals surface area contributed by atoms with Gasteiger partial charge in [0, 0.05) is 6.07 Å². The number of carbonyl (C=O) groups excluding carboxylic acids is 1. The molecule has 3 aromatic carbocycles. The fourth-order valence-electron chi connectivity index (χ4n) is 2.41. The van der Waals surface area contributed by atoms with Crippen molar-refractivity contribution in [2.75, 3.05) is 0 Å². The van der Waals surface area contributed by atoms with Gasteiger partial charge in [-0.3, -0.25) is 4.79 Å². The number of aldehydes is 1. The molecule has 7 heteroatoms. The molecule has 0 unspecified atom stereocenters. The average Bonchev–Trinajstić information content (AvgIpc) is 2.70. The minimum atomic E-state index is 0.230.